The Hall–Kier alpha value is -2.53. The Balaban J connectivity index is 1.41. The number of nitrogens with two attached hydrogens (primary N) is 1. The van der Waals surface area contributed by atoms with E-state index in [9.17, 15) is 5.11 Å². The van der Waals surface area contributed by atoms with Crippen LogP contribution in [0.5, 0.6) is 5.75 Å². The molecule has 1 aliphatic heterocycles. The zero-order valence-corrected chi connectivity index (χ0v) is 14.3. The van der Waals surface area contributed by atoms with Crippen LogP contribution in [0, 0.1) is 0 Å². The third-order valence-electron chi connectivity index (χ3n) is 4.27. The predicted molar refractivity (Wildman–Crippen MR) is 101 cm³/mol. The number of nitrogen functional groups attached to an aromatic ring is 1. The first-order valence-electron chi connectivity index (χ1n) is 8.65. The molecule has 0 saturated carbocycles. The number of rotatable bonds is 7. The number of anilines is 1. The Morgan fingerprint density at radius 2 is 1.88 bits per heavy atom. The standard InChI is InChI=1S/C20H25N3O2/c21-17-8-10-18(11-9-17)25-12-4-7-19-22-14-20(24,15-23-19)13-16-5-2-1-3-6-16/h1-3,5-6,8-11,24H,4,7,12-15,21H2,(H,22,23). The molecular weight excluding hydrogens is 314 g/mol. The molecule has 5 nitrogen and oxygen atoms in total. The highest BCUT2D eigenvalue weighted by Gasteiger charge is 2.30. The largest absolute Gasteiger partial charge is 0.494 e. The van der Waals surface area contributed by atoms with E-state index in [2.05, 4.69) is 10.3 Å². The minimum atomic E-state index is -0.814. The molecule has 0 radical (unpaired) electrons. The van der Waals surface area contributed by atoms with Gasteiger partial charge in [0.25, 0.3) is 0 Å². The first-order chi connectivity index (χ1) is 12.1. The molecule has 4 N–H and O–H groups in total. The SMILES string of the molecule is Nc1ccc(OCCCC2=NCC(O)(Cc3ccccc3)CN2)cc1. The molecule has 2 aromatic carbocycles. The number of β-amino-alcohol motifs (C(OH)–C–C–N with tert-alkyl or cyclic N) is 1. The van der Waals surface area contributed by atoms with Gasteiger partial charge in [0.15, 0.2) is 0 Å². The monoisotopic (exact) mass is 339 g/mol. The molecule has 1 unspecified atom stereocenters. The van der Waals surface area contributed by atoms with Gasteiger partial charge in [-0.05, 0) is 36.2 Å². The summed E-state index contributed by atoms with van der Waals surface area (Å²) in [5.74, 6) is 1.77. The fourth-order valence-corrected chi connectivity index (χ4v) is 2.88. The summed E-state index contributed by atoms with van der Waals surface area (Å²) in [6, 6.07) is 17.4. The second kappa shape index (κ2) is 8.03. The Morgan fingerprint density at radius 1 is 1.12 bits per heavy atom. The maximum atomic E-state index is 10.7. The number of nitrogens with one attached hydrogen (secondary N) is 1. The highest BCUT2D eigenvalue weighted by atomic mass is 16.5. The summed E-state index contributed by atoms with van der Waals surface area (Å²) in [7, 11) is 0. The van der Waals surface area contributed by atoms with E-state index < -0.39 is 5.60 Å². The molecule has 1 atom stereocenters. The van der Waals surface area contributed by atoms with Gasteiger partial charge in [0.05, 0.1) is 19.0 Å². The summed E-state index contributed by atoms with van der Waals surface area (Å²) in [5.41, 5.74) is 6.70. The van der Waals surface area contributed by atoms with Gasteiger partial charge in [0.2, 0.25) is 0 Å². The van der Waals surface area contributed by atoms with Crippen molar-refractivity contribution in [1.82, 2.24) is 5.32 Å². The third kappa shape index (κ3) is 5.22. The van der Waals surface area contributed by atoms with E-state index in [0.29, 0.717) is 26.1 Å². The van der Waals surface area contributed by atoms with Crippen molar-refractivity contribution in [2.75, 3.05) is 25.4 Å². The third-order valence-corrected chi connectivity index (χ3v) is 4.27. The highest BCUT2D eigenvalue weighted by Crippen LogP contribution is 2.17. The molecule has 0 amide bonds. The van der Waals surface area contributed by atoms with E-state index in [0.717, 1.165) is 35.7 Å². The van der Waals surface area contributed by atoms with Crippen LogP contribution >= 0.6 is 0 Å². The van der Waals surface area contributed by atoms with Gasteiger partial charge in [-0.3, -0.25) is 4.99 Å². The van der Waals surface area contributed by atoms with Crippen LogP contribution in [0.1, 0.15) is 18.4 Å². The molecule has 0 spiro atoms. The van der Waals surface area contributed by atoms with Crippen molar-refractivity contribution in [2.24, 2.45) is 4.99 Å². The summed E-state index contributed by atoms with van der Waals surface area (Å²) in [6.07, 6.45) is 2.29. The van der Waals surface area contributed by atoms with Crippen LogP contribution in [-0.4, -0.2) is 36.2 Å². The summed E-state index contributed by atoms with van der Waals surface area (Å²) < 4.78 is 5.68. The van der Waals surface area contributed by atoms with E-state index in [1.165, 1.54) is 0 Å². The quantitative estimate of drug-likeness (QED) is 0.534. The number of ether oxygens (including phenoxy) is 1. The van der Waals surface area contributed by atoms with Gasteiger partial charge < -0.3 is 20.9 Å². The minimum Gasteiger partial charge on any atom is -0.494 e. The topological polar surface area (TPSA) is 79.9 Å². The molecule has 132 valence electrons. The van der Waals surface area contributed by atoms with Crippen molar-refractivity contribution in [2.45, 2.75) is 24.9 Å². The molecular formula is C20H25N3O2. The van der Waals surface area contributed by atoms with Gasteiger partial charge in [0, 0.05) is 25.1 Å². The second-order valence-corrected chi connectivity index (χ2v) is 6.52. The second-order valence-electron chi connectivity index (χ2n) is 6.52. The Bertz CT molecular complexity index is 701. The fraction of sp³-hybridized carbons (Fsp3) is 0.350. The lowest BCUT2D eigenvalue weighted by atomic mass is 9.93. The van der Waals surface area contributed by atoms with Crippen LogP contribution in [0.3, 0.4) is 0 Å². The smallest absolute Gasteiger partial charge is 0.119 e. The van der Waals surface area contributed by atoms with Crippen molar-refractivity contribution in [3.8, 4) is 5.75 Å². The molecule has 1 aliphatic rings. The lowest BCUT2D eigenvalue weighted by Gasteiger charge is -2.32. The van der Waals surface area contributed by atoms with Crippen LogP contribution in [0.4, 0.5) is 5.69 Å². The molecule has 25 heavy (non-hydrogen) atoms. The molecule has 2 aromatic rings. The summed E-state index contributed by atoms with van der Waals surface area (Å²) in [4.78, 5) is 4.52. The molecule has 1 heterocycles. The number of hydrogen-bond acceptors (Lipinski definition) is 5. The maximum absolute atomic E-state index is 10.7. The predicted octanol–water partition coefficient (Wildman–Crippen LogP) is 2.40. The van der Waals surface area contributed by atoms with Crippen LogP contribution in [-0.2, 0) is 6.42 Å². The van der Waals surface area contributed by atoms with Crippen molar-refractivity contribution < 1.29 is 9.84 Å². The number of nitrogens with zero attached hydrogens (tertiary/aromatic N) is 1. The van der Waals surface area contributed by atoms with E-state index in [1.54, 1.807) is 0 Å². The van der Waals surface area contributed by atoms with E-state index >= 15 is 0 Å². The first kappa shape index (κ1) is 17.3. The van der Waals surface area contributed by atoms with Gasteiger partial charge >= 0.3 is 0 Å². The zero-order valence-electron chi connectivity index (χ0n) is 14.3. The van der Waals surface area contributed by atoms with Crippen LogP contribution in [0.15, 0.2) is 59.6 Å². The van der Waals surface area contributed by atoms with Gasteiger partial charge in [-0.2, -0.15) is 0 Å². The van der Waals surface area contributed by atoms with Gasteiger partial charge in [-0.25, -0.2) is 0 Å². The number of benzene rings is 2. The van der Waals surface area contributed by atoms with Crippen molar-refractivity contribution in [1.29, 1.82) is 0 Å². The summed E-state index contributed by atoms with van der Waals surface area (Å²) >= 11 is 0. The number of amidine groups is 1. The van der Waals surface area contributed by atoms with Crippen molar-refractivity contribution in [3.05, 3.63) is 60.2 Å². The molecule has 0 bridgehead atoms. The molecule has 0 aliphatic carbocycles. The molecule has 5 heteroatoms. The Labute approximate surface area is 148 Å². The average molecular weight is 339 g/mol. The van der Waals surface area contributed by atoms with Gasteiger partial charge in [-0.1, -0.05) is 30.3 Å². The molecule has 0 aromatic heterocycles. The maximum Gasteiger partial charge on any atom is 0.119 e. The summed E-state index contributed by atoms with van der Waals surface area (Å²) in [6.45, 7) is 1.58. The van der Waals surface area contributed by atoms with Crippen molar-refractivity contribution >= 4 is 11.5 Å². The van der Waals surface area contributed by atoms with E-state index in [4.69, 9.17) is 10.5 Å². The molecule has 3 rings (SSSR count). The van der Waals surface area contributed by atoms with E-state index in [-0.39, 0.29) is 0 Å². The molecule has 0 saturated heterocycles. The van der Waals surface area contributed by atoms with Crippen LogP contribution in [0.25, 0.3) is 0 Å². The lowest BCUT2D eigenvalue weighted by molar-refractivity contribution is 0.0499. The van der Waals surface area contributed by atoms with Crippen LogP contribution in [0.2, 0.25) is 0 Å². The van der Waals surface area contributed by atoms with E-state index in [1.807, 2.05) is 54.6 Å². The van der Waals surface area contributed by atoms with Crippen molar-refractivity contribution in [3.63, 3.8) is 0 Å². The Morgan fingerprint density at radius 3 is 2.56 bits per heavy atom. The van der Waals surface area contributed by atoms with Crippen LogP contribution < -0.4 is 15.8 Å². The number of hydrogen-bond donors (Lipinski definition) is 3. The number of aliphatic hydroxyl groups is 1. The van der Waals surface area contributed by atoms with Gasteiger partial charge in [0.1, 0.15) is 11.4 Å². The first-order valence-corrected chi connectivity index (χ1v) is 8.65. The number of aliphatic imine (C=N–C) groups is 1. The lowest BCUT2D eigenvalue weighted by Crippen LogP contribution is -2.51. The summed E-state index contributed by atoms with van der Waals surface area (Å²) in [5, 5.41) is 13.9. The zero-order chi connectivity index (χ0) is 17.5. The van der Waals surface area contributed by atoms with Gasteiger partial charge in [-0.15, -0.1) is 0 Å². The minimum absolute atomic E-state index is 0.434. The highest BCUT2D eigenvalue weighted by molar-refractivity contribution is 5.83. The Kier molecular flexibility index (Phi) is 5.56. The molecule has 0 fully saturated rings. The fourth-order valence-electron chi connectivity index (χ4n) is 2.88. The normalized spacial score (nSPS) is 19.8. The average Bonchev–Trinajstić information content (AvgIpc) is 2.62.